The molecular weight excluding hydrogens is 500 g/mol. The van der Waals surface area contributed by atoms with Gasteiger partial charge < -0.3 is 15.2 Å². The van der Waals surface area contributed by atoms with Gasteiger partial charge in [-0.3, -0.25) is 14.5 Å². The lowest BCUT2D eigenvalue weighted by Gasteiger charge is -2.16. The number of carbonyl (C=O) groups is 2. The Morgan fingerprint density at radius 1 is 1.08 bits per heavy atom. The zero-order valence-electron chi connectivity index (χ0n) is 21.1. The molecule has 8 nitrogen and oxygen atoms in total. The van der Waals surface area contributed by atoms with Gasteiger partial charge >= 0.3 is 0 Å². The number of anilines is 2. The zero-order valence-corrected chi connectivity index (χ0v) is 21.9. The predicted octanol–water partition coefficient (Wildman–Crippen LogP) is 5.71. The molecule has 38 heavy (non-hydrogen) atoms. The van der Waals surface area contributed by atoms with Gasteiger partial charge in [0.25, 0.3) is 0 Å². The van der Waals surface area contributed by atoms with Gasteiger partial charge in [-0.05, 0) is 73.5 Å². The molecule has 1 unspecified atom stereocenters. The van der Waals surface area contributed by atoms with Crippen LogP contribution in [-0.4, -0.2) is 40.2 Å². The molecule has 1 heterocycles. The second kappa shape index (κ2) is 12.7. The van der Waals surface area contributed by atoms with Crippen LogP contribution in [0.5, 0.6) is 11.5 Å². The van der Waals surface area contributed by atoms with Crippen molar-refractivity contribution in [1.82, 2.24) is 0 Å². The molecule has 1 fully saturated rings. The summed E-state index contributed by atoms with van der Waals surface area (Å²) in [5.74, 6) is 0.217. The van der Waals surface area contributed by atoms with E-state index in [-0.39, 0.29) is 24.0 Å². The van der Waals surface area contributed by atoms with Crippen LogP contribution in [0.15, 0.2) is 94.6 Å². The van der Waals surface area contributed by atoms with Gasteiger partial charge in [0.15, 0.2) is 5.17 Å². The highest BCUT2D eigenvalue weighted by molar-refractivity contribution is 8.16. The third-order valence-electron chi connectivity index (χ3n) is 5.46. The van der Waals surface area contributed by atoms with E-state index in [2.05, 4.69) is 15.5 Å². The summed E-state index contributed by atoms with van der Waals surface area (Å²) in [6.07, 6.45) is 3.55. The maximum Gasteiger partial charge on any atom is 0.247 e. The summed E-state index contributed by atoms with van der Waals surface area (Å²) in [5.41, 5.74) is 3.07. The molecule has 1 atom stereocenters. The Labute approximate surface area is 225 Å². The van der Waals surface area contributed by atoms with Crippen molar-refractivity contribution < 1.29 is 19.4 Å². The lowest BCUT2D eigenvalue weighted by Crippen LogP contribution is -2.33. The number of phenolic OH excluding ortho intramolecular Hbond substituents is 1. The van der Waals surface area contributed by atoms with Crippen molar-refractivity contribution in [2.75, 3.05) is 16.8 Å². The Hall–Kier alpha value is -4.37. The average molecular weight is 529 g/mol. The number of allylic oxidation sites excluding steroid dienone is 1. The summed E-state index contributed by atoms with van der Waals surface area (Å²) in [6, 6.07) is 23.1. The Morgan fingerprint density at radius 3 is 2.47 bits per heavy atom. The Kier molecular flexibility index (Phi) is 8.94. The molecule has 1 aliphatic heterocycles. The molecule has 194 valence electrons. The number of hydrogen-bond donors (Lipinski definition) is 2. The van der Waals surface area contributed by atoms with Crippen LogP contribution in [0.2, 0.25) is 0 Å². The Morgan fingerprint density at radius 2 is 1.79 bits per heavy atom. The maximum atomic E-state index is 13.3. The first kappa shape index (κ1) is 26.7. The van der Waals surface area contributed by atoms with Gasteiger partial charge in [0.05, 0.1) is 18.5 Å². The summed E-state index contributed by atoms with van der Waals surface area (Å²) in [6.45, 7) is 4.37. The lowest BCUT2D eigenvalue weighted by molar-refractivity contribution is -0.121. The molecule has 0 aromatic heterocycles. The summed E-state index contributed by atoms with van der Waals surface area (Å²) >= 11 is 1.18. The second-order valence-electron chi connectivity index (χ2n) is 8.43. The van der Waals surface area contributed by atoms with E-state index in [4.69, 9.17) is 4.74 Å². The standard InChI is InChI=1S/C29H28N4O4S/c1-3-37-25-15-9-22(10-16-25)31-27(35)18-26-28(36)33(23-11-13-24(34)14-12-23)29(38-26)32-30-19-20(2)17-21-7-5-4-6-8-21/h4-17,19,26,34H,3,18H2,1-2H3,(H,31,35). The van der Waals surface area contributed by atoms with Gasteiger partial charge in [-0.1, -0.05) is 48.2 Å². The molecule has 2 amide bonds. The van der Waals surface area contributed by atoms with Crippen LogP contribution in [0, 0.1) is 0 Å². The summed E-state index contributed by atoms with van der Waals surface area (Å²) in [5, 5.41) is 20.7. The van der Waals surface area contributed by atoms with Crippen LogP contribution >= 0.6 is 11.8 Å². The highest BCUT2D eigenvalue weighted by Gasteiger charge is 2.40. The van der Waals surface area contributed by atoms with Crippen LogP contribution in [0.25, 0.3) is 6.08 Å². The monoisotopic (exact) mass is 528 g/mol. The fourth-order valence-electron chi connectivity index (χ4n) is 3.71. The van der Waals surface area contributed by atoms with Crippen LogP contribution in [0.3, 0.4) is 0 Å². The SMILES string of the molecule is CCOc1ccc(NC(=O)CC2SC(=NN=CC(C)=Cc3ccccc3)N(c3ccc(O)cc3)C2=O)cc1. The molecule has 4 rings (SSSR count). The average Bonchev–Trinajstić information content (AvgIpc) is 3.20. The first-order valence-corrected chi connectivity index (χ1v) is 13.0. The van der Waals surface area contributed by atoms with Crippen LogP contribution in [0.1, 0.15) is 25.8 Å². The number of ether oxygens (including phenoxy) is 1. The van der Waals surface area contributed by atoms with Crippen LogP contribution in [0.4, 0.5) is 11.4 Å². The quantitative estimate of drug-likeness (QED) is 0.273. The van der Waals surface area contributed by atoms with E-state index in [0.717, 1.165) is 11.1 Å². The van der Waals surface area contributed by atoms with E-state index in [0.29, 0.717) is 28.9 Å². The summed E-state index contributed by atoms with van der Waals surface area (Å²) in [7, 11) is 0. The van der Waals surface area contributed by atoms with E-state index in [1.54, 1.807) is 42.6 Å². The molecule has 0 saturated carbocycles. The van der Waals surface area contributed by atoms with Gasteiger partial charge in [-0.2, -0.15) is 5.10 Å². The molecular formula is C29H28N4O4S. The van der Waals surface area contributed by atoms with Gasteiger partial charge in [0.2, 0.25) is 11.8 Å². The largest absolute Gasteiger partial charge is 0.508 e. The van der Waals surface area contributed by atoms with Gasteiger partial charge in [0.1, 0.15) is 16.7 Å². The van der Waals surface area contributed by atoms with E-state index < -0.39 is 5.25 Å². The van der Waals surface area contributed by atoms with Crippen molar-refractivity contribution >= 4 is 52.4 Å². The van der Waals surface area contributed by atoms with E-state index in [1.165, 1.54) is 28.8 Å². The number of carbonyl (C=O) groups excluding carboxylic acids is 2. The van der Waals surface area contributed by atoms with Crippen LogP contribution < -0.4 is 15.0 Å². The number of rotatable bonds is 9. The third-order valence-corrected chi connectivity index (χ3v) is 6.59. The minimum atomic E-state index is -0.679. The molecule has 0 aliphatic carbocycles. The molecule has 2 N–H and O–H groups in total. The second-order valence-corrected chi connectivity index (χ2v) is 9.60. The Bertz CT molecular complexity index is 1350. The number of thioether (sulfide) groups is 1. The van der Waals surface area contributed by atoms with Gasteiger partial charge in [-0.25, -0.2) is 0 Å². The number of nitrogens with zero attached hydrogens (tertiary/aromatic N) is 3. The number of benzene rings is 3. The highest BCUT2D eigenvalue weighted by Crippen LogP contribution is 2.34. The van der Waals surface area contributed by atoms with Crippen molar-refractivity contribution in [1.29, 1.82) is 0 Å². The van der Waals surface area contributed by atoms with Gasteiger partial charge in [-0.15, -0.1) is 5.10 Å². The predicted molar refractivity (Wildman–Crippen MR) is 154 cm³/mol. The minimum absolute atomic E-state index is 0.0407. The van der Waals surface area contributed by atoms with E-state index in [9.17, 15) is 14.7 Å². The molecule has 9 heteroatoms. The van der Waals surface area contributed by atoms with Crippen LogP contribution in [-0.2, 0) is 9.59 Å². The molecule has 0 bridgehead atoms. The molecule has 3 aromatic carbocycles. The van der Waals surface area contributed by atoms with E-state index >= 15 is 0 Å². The summed E-state index contributed by atoms with van der Waals surface area (Å²) < 4.78 is 5.43. The van der Waals surface area contributed by atoms with Crippen molar-refractivity contribution in [2.45, 2.75) is 25.5 Å². The highest BCUT2D eigenvalue weighted by atomic mass is 32.2. The number of aromatic hydroxyl groups is 1. The molecule has 1 aliphatic rings. The number of nitrogens with one attached hydrogen (secondary N) is 1. The zero-order chi connectivity index (χ0) is 26.9. The molecule has 0 spiro atoms. The number of amidine groups is 1. The van der Waals surface area contributed by atoms with Gasteiger partial charge in [0, 0.05) is 12.1 Å². The minimum Gasteiger partial charge on any atom is -0.508 e. The Balaban J connectivity index is 1.49. The topological polar surface area (TPSA) is 104 Å². The lowest BCUT2D eigenvalue weighted by atomic mass is 10.1. The van der Waals surface area contributed by atoms with Crippen molar-refractivity contribution in [3.8, 4) is 11.5 Å². The molecule has 3 aromatic rings. The molecule has 0 radical (unpaired) electrons. The molecule has 1 saturated heterocycles. The third kappa shape index (κ3) is 7.10. The van der Waals surface area contributed by atoms with Crippen molar-refractivity contribution in [2.24, 2.45) is 10.2 Å². The smallest absolute Gasteiger partial charge is 0.247 e. The van der Waals surface area contributed by atoms with Crippen molar-refractivity contribution in [3.05, 3.63) is 90.0 Å². The fourth-order valence-corrected chi connectivity index (χ4v) is 4.80. The summed E-state index contributed by atoms with van der Waals surface area (Å²) in [4.78, 5) is 27.5. The maximum absolute atomic E-state index is 13.3. The first-order valence-electron chi connectivity index (χ1n) is 12.1. The number of hydrogen-bond acceptors (Lipinski definition) is 7. The number of phenols is 1. The van der Waals surface area contributed by atoms with Crippen molar-refractivity contribution in [3.63, 3.8) is 0 Å². The van der Waals surface area contributed by atoms with E-state index in [1.807, 2.05) is 50.3 Å². The normalized spacial score (nSPS) is 16.8. The number of amides is 2. The fraction of sp³-hybridized carbons (Fsp3) is 0.172. The first-order chi connectivity index (χ1) is 18.4.